The van der Waals surface area contributed by atoms with Gasteiger partial charge in [0.25, 0.3) is 0 Å². The monoisotopic (exact) mass is 374 g/mol. The highest BCUT2D eigenvalue weighted by Crippen LogP contribution is 2.41. The van der Waals surface area contributed by atoms with Gasteiger partial charge in [-0.1, -0.05) is 84.9 Å². The Morgan fingerprint density at radius 1 is 0.464 bits per heavy atom. The second kappa shape index (κ2) is 5.92. The van der Waals surface area contributed by atoms with E-state index < -0.39 is 0 Å². The lowest BCUT2D eigenvalue weighted by atomic mass is 9.93. The van der Waals surface area contributed by atoms with E-state index in [-0.39, 0.29) is 0 Å². The lowest BCUT2D eigenvalue weighted by Crippen LogP contribution is -1.84. The summed E-state index contributed by atoms with van der Waals surface area (Å²) >= 11 is 1.90. The zero-order valence-corrected chi connectivity index (χ0v) is 16.4. The molecular formula is C27H18S. The minimum absolute atomic E-state index is 1.31. The maximum atomic E-state index is 2.39. The molecule has 0 atom stereocenters. The van der Waals surface area contributed by atoms with Crippen LogP contribution in [0.15, 0.2) is 91.0 Å². The Labute approximate surface area is 167 Å². The van der Waals surface area contributed by atoms with E-state index in [1.165, 1.54) is 58.4 Å². The van der Waals surface area contributed by atoms with Crippen LogP contribution in [-0.2, 0) is 0 Å². The third kappa shape index (κ3) is 2.17. The van der Waals surface area contributed by atoms with Crippen LogP contribution in [0.3, 0.4) is 0 Å². The molecule has 0 N–H and O–H groups in total. The van der Waals surface area contributed by atoms with Crippen molar-refractivity contribution >= 4 is 54.4 Å². The van der Waals surface area contributed by atoms with E-state index in [4.69, 9.17) is 0 Å². The second-order valence-electron chi connectivity index (χ2n) is 7.38. The first kappa shape index (κ1) is 15.9. The van der Waals surface area contributed by atoms with Gasteiger partial charge in [-0.2, -0.15) is 0 Å². The van der Waals surface area contributed by atoms with Gasteiger partial charge in [-0.05, 0) is 56.3 Å². The molecular weight excluding hydrogens is 356 g/mol. The number of benzene rings is 5. The van der Waals surface area contributed by atoms with Crippen molar-refractivity contribution < 1.29 is 0 Å². The summed E-state index contributed by atoms with van der Waals surface area (Å²) in [6.07, 6.45) is 0. The largest absolute Gasteiger partial charge is 0.139 e. The van der Waals surface area contributed by atoms with Gasteiger partial charge in [0.1, 0.15) is 0 Å². The van der Waals surface area contributed by atoms with E-state index >= 15 is 0 Å². The Hall–Kier alpha value is -3.16. The topological polar surface area (TPSA) is 0 Å². The minimum atomic E-state index is 1.31. The van der Waals surface area contributed by atoms with Crippen LogP contribution in [0.25, 0.3) is 53.5 Å². The maximum absolute atomic E-state index is 2.39. The van der Waals surface area contributed by atoms with Gasteiger partial charge < -0.3 is 0 Å². The number of thiophene rings is 1. The summed E-state index contributed by atoms with van der Waals surface area (Å²) in [5.74, 6) is 0. The van der Waals surface area contributed by atoms with Crippen LogP contribution < -0.4 is 0 Å². The van der Waals surface area contributed by atoms with Crippen LogP contribution in [0, 0.1) is 6.92 Å². The molecule has 0 saturated heterocycles. The highest BCUT2D eigenvalue weighted by atomic mass is 32.1. The molecule has 0 fully saturated rings. The molecule has 1 aromatic heterocycles. The fourth-order valence-corrected chi connectivity index (χ4v) is 5.64. The van der Waals surface area contributed by atoms with Crippen molar-refractivity contribution in [3.05, 3.63) is 95.9 Å². The highest BCUT2D eigenvalue weighted by Gasteiger charge is 2.13. The van der Waals surface area contributed by atoms with Crippen LogP contribution in [0.5, 0.6) is 0 Å². The van der Waals surface area contributed by atoms with E-state index in [1.54, 1.807) is 0 Å². The number of hydrogen-bond donors (Lipinski definition) is 0. The molecule has 0 bridgehead atoms. The average Bonchev–Trinajstić information content (AvgIpc) is 3.10. The van der Waals surface area contributed by atoms with Gasteiger partial charge in [0.05, 0.1) is 0 Å². The number of hydrogen-bond acceptors (Lipinski definition) is 1. The summed E-state index contributed by atoms with van der Waals surface area (Å²) in [4.78, 5) is 2.75. The highest BCUT2D eigenvalue weighted by molar-refractivity contribution is 7.17. The zero-order chi connectivity index (χ0) is 18.7. The lowest BCUT2D eigenvalue weighted by Gasteiger charge is -2.11. The van der Waals surface area contributed by atoms with Crippen molar-refractivity contribution in [3.63, 3.8) is 0 Å². The fraction of sp³-hybridized carbons (Fsp3) is 0.0370. The van der Waals surface area contributed by atoms with Crippen LogP contribution in [0.2, 0.25) is 0 Å². The zero-order valence-electron chi connectivity index (χ0n) is 15.6. The molecule has 1 heterocycles. The Balaban J connectivity index is 1.76. The third-order valence-corrected chi connectivity index (χ3v) is 7.00. The van der Waals surface area contributed by atoms with Crippen LogP contribution in [-0.4, -0.2) is 0 Å². The van der Waals surface area contributed by atoms with Crippen molar-refractivity contribution in [2.24, 2.45) is 0 Å². The molecule has 1 heteroatoms. The molecule has 6 rings (SSSR count). The van der Waals surface area contributed by atoms with Gasteiger partial charge in [-0.15, -0.1) is 11.3 Å². The van der Waals surface area contributed by atoms with E-state index in [9.17, 15) is 0 Å². The summed E-state index contributed by atoms with van der Waals surface area (Å²) in [5.41, 5.74) is 1.31. The van der Waals surface area contributed by atoms with E-state index in [2.05, 4.69) is 97.9 Å². The quantitative estimate of drug-likeness (QED) is 0.254. The predicted molar refractivity (Wildman–Crippen MR) is 125 cm³/mol. The Bertz CT molecular complexity index is 1480. The standard InChI is InChI=1S/C27H18S/c1-17-19-8-2-7-13-25(19)27(28-17)18-14-15-24-22-11-4-3-9-20(22)21-10-5-6-12-23(21)26(24)16-18/h2-16H,1H3. The molecule has 0 saturated carbocycles. The van der Waals surface area contributed by atoms with E-state index in [1.807, 2.05) is 11.3 Å². The first-order valence-corrected chi connectivity index (χ1v) is 10.4. The van der Waals surface area contributed by atoms with Gasteiger partial charge in [-0.25, -0.2) is 0 Å². The summed E-state index contributed by atoms with van der Waals surface area (Å²) in [6, 6.07) is 33.3. The van der Waals surface area contributed by atoms with E-state index in [0.29, 0.717) is 0 Å². The molecule has 0 spiro atoms. The van der Waals surface area contributed by atoms with Crippen LogP contribution in [0.1, 0.15) is 4.88 Å². The van der Waals surface area contributed by atoms with Crippen LogP contribution >= 0.6 is 11.3 Å². The Kier molecular flexibility index (Phi) is 3.35. The molecule has 0 amide bonds. The van der Waals surface area contributed by atoms with Gasteiger partial charge in [0.15, 0.2) is 0 Å². The molecule has 132 valence electrons. The third-order valence-electron chi connectivity index (χ3n) is 5.81. The number of aryl methyl sites for hydroxylation is 1. The van der Waals surface area contributed by atoms with Crippen molar-refractivity contribution in [2.45, 2.75) is 6.92 Å². The molecule has 0 unspecified atom stereocenters. The molecule has 0 radical (unpaired) electrons. The van der Waals surface area contributed by atoms with Crippen molar-refractivity contribution in [2.75, 3.05) is 0 Å². The van der Waals surface area contributed by atoms with Crippen molar-refractivity contribution in [1.82, 2.24) is 0 Å². The molecule has 0 aliphatic rings. The summed E-state index contributed by atoms with van der Waals surface area (Å²) in [7, 11) is 0. The molecule has 0 aliphatic carbocycles. The molecule has 0 nitrogen and oxygen atoms in total. The molecule has 28 heavy (non-hydrogen) atoms. The van der Waals surface area contributed by atoms with Gasteiger partial charge in [0, 0.05) is 15.1 Å². The molecule has 0 aliphatic heterocycles. The summed E-state index contributed by atoms with van der Waals surface area (Å²) < 4.78 is 0. The van der Waals surface area contributed by atoms with Gasteiger partial charge >= 0.3 is 0 Å². The Morgan fingerprint density at radius 2 is 0.929 bits per heavy atom. The second-order valence-corrected chi connectivity index (χ2v) is 8.61. The normalized spacial score (nSPS) is 11.8. The van der Waals surface area contributed by atoms with Crippen molar-refractivity contribution in [1.29, 1.82) is 0 Å². The molecule has 5 aromatic carbocycles. The SMILES string of the molecule is Cc1sc(-c2ccc3c4ccccc4c4ccccc4c3c2)c2ccccc12. The smallest absolute Gasteiger partial charge is 0.0424 e. The predicted octanol–water partition coefficient (Wildman–Crippen LogP) is 8.34. The Morgan fingerprint density at radius 3 is 1.54 bits per heavy atom. The maximum Gasteiger partial charge on any atom is 0.0424 e. The first-order valence-electron chi connectivity index (χ1n) is 9.63. The van der Waals surface area contributed by atoms with Gasteiger partial charge in [-0.3, -0.25) is 0 Å². The number of fused-ring (bicyclic) bond motifs is 7. The van der Waals surface area contributed by atoms with E-state index in [0.717, 1.165) is 0 Å². The lowest BCUT2D eigenvalue weighted by molar-refractivity contribution is 1.68. The molecule has 6 aromatic rings. The average molecular weight is 375 g/mol. The summed E-state index contributed by atoms with van der Waals surface area (Å²) in [5, 5.41) is 10.7. The summed E-state index contributed by atoms with van der Waals surface area (Å²) in [6.45, 7) is 2.22. The first-order chi connectivity index (χ1) is 13.8. The van der Waals surface area contributed by atoms with Gasteiger partial charge in [0.2, 0.25) is 0 Å². The van der Waals surface area contributed by atoms with Crippen molar-refractivity contribution in [3.8, 4) is 10.4 Å². The minimum Gasteiger partial charge on any atom is -0.139 e. The van der Waals surface area contributed by atoms with Crippen LogP contribution in [0.4, 0.5) is 0 Å². The fourth-order valence-electron chi connectivity index (χ4n) is 4.51. The number of rotatable bonds is 1.